The van der Waals surface area contributed by atoms with Gasteiger partial charge in [0.25, 0.3) is 5.91 Å². The maximum absolute atomic E-state index is 13.0. The quantitative estimate of drug-likeness (QED) is 0.620. The Morgan fingerprint density at radius 3 is 2.59 bits per heavy atom. The summed E-state index contributed by atoms with van der Waals surface area (Å²) in [7, 11) is 1.71. The smallest absolute Gasteiger partial charge is 0.254 e. The van der Waals surface area contributed by atoms with E-state index in [4.69, 9.17) is 4.74 Å². The summed E-state index contributed by atoms with van der Waals surface area (Å²) < 4.78 is 7.34. The zero-order valence-electron chi connectivity index (χ0n) is 17.0. The third-order valence-electron chi connectivity index (χ3n) is 5.68. The number of amides is 1. The lowest BCUT2D eigenvalue weighted by molar-refractivity contribution is 0.0638. The molecule has 6 heteroatoms. The molecule has 0 saturated carbocycles. The summed E-state index contributed by atoms with van der Waals surface area (Å²) in [5.41, 5.74) is 3.16. The molecule has 1 amide bonds. The molecule has 0 atom stereocenters. The fraction of sp³-hybridized carbons (Fsp3) is 0.391. The van der Waals surface area contributed by atoms with E-state index in [0.717, 1.165) is 62.2 Å². The minimum atomic E-state index is 0.125. The standard InChI is InChI=1S/C23H28N4O2/c1-29-17-16-26-11-7-20-2-3-21(18-22(20)26)23(28)27-14-12-25(13-15-27)10-6-19-4-8-24-9-5-19/h2-5,7-9,11,18H,6,10,12-17H2,1H3. The number of hydrogen-bond acceptors (Lipinski definition) is 4. The summed E-state index contributed by atoms with van der Waals surface area (Å²) in [5.74, 6) is 0.125. The van der Waals surface area contributed by atoms with E-state index in [1.54, 1.807) is 7.11 Å². The number of carbonyl (C=O) groups is 1. The monoisotopic (exact) mass is 392 g/mol. The van der Waals surface area contributed by atoms with Crippen LogP contribution in [-0.2, 0) is 17.7 Å². The summed E-state index contributed by atoms with van der Waals surface area (Å²) in [6.07, 6.45) is 6.76. The summed E-state index contributed by atoms with van der Waals surface area (Å²) in [5, 5.41) is 1.15. The van der Waals surface area contributed by atoms with Crippen LogP contribution in [-0.4, -0.2) is 71.7 Å². The van der Waals surface area contributed by atoms with Crippen LogP contribution in [0.15, 0.2) is 55.0 Å². The zero-order valence-corrected chi connectivity index (χ0v) is 17.0. The molecule has 0 aliphatic carbocycles. The van der Waals surface area contributed by atoms with E-state index in [9.17, 15) is 4.79 Å². The van der Waals surface area contributed by atoms with Gasteiger partial charge in [-0.25, -0.2) is 0 Å². The van der Waals surface area contributed by atoms with Crippen molar-refractivity contribution in [2.24, 2.45) is 0 Å². The highest BCUT2D eigenvalue weighted by molar-refractivity contribution is 5.98. The lowest BCUT2D eigenvalue weighted by Crippen LogP contribution is -2.49. The van der Waals surface area contributed by atoms with Crippen LogP contribution in [0.4, 0.5) is 0 Å². The highest BCUT2D eigenvalue weighted by Crippen LogP contribution is 2.19. The zero-order chi connectivity index (χ0) is 20.1. The number of methoxy groups -OCH3 is 1. The van der Waals surface area contributed by atoms with Gasteiger partial charge >= 0.3 is 0 Å². The number of carbonyl (C=O) groups excluding carboxylic acids is 1. The number of hydrogen-bond donors (Lipinski definition) is 0. The van der Waals surface area contributed by atoms with Gasteiger partial charge in [-0.05, 0) is 47.7 Å². The van der Waals surface area contributed by atoms with E-state index < -0.39 is 0 Å². The van der Waals surface area contributed by atoms with Crippen molar-refractivity contribution < 1.29 is 9.53 Å². The van der Waals surface area contributed by atoms with Gasteiger partial charge in [0.2, 0.25) is 0 Å². The van der Waals surface area contributed by atoms with Crippen molar-refractivity contribution in [1.29, 1.82) is 0 Å². The van der Waals surface area contributed by atoms with E-state index >= 15 is 0 Å². The second-order valence-corrected chi connectivity index (χ2v) is 7.51. The fourth-order valence-corrected chi connectivity index (χ4v) is 3.90. The normalized spacial score (nSPS) is 15.1. The number of piperazine rings is 1. The van der Waals surface area contributed by atoms with Gasteiger partial charge in [-0.15, -0.1) is 0 Å². The van der Waals surface area contributed by atoms with Crippen LogP contribution >= 0.6 is 0 Å². The van der Waals surface area contributed by atoms with Crippen LogP contribution in [0.2, 0.25) is 0 Å². The third-order valence-corrected chi connectivity index (χ3v) is 5.68. The Morgan fingerprint density at radius 2 is 1.83 bits per heavy atom. The highest BCUT2D eigenvalue weighted by Gasteiger charge is 2.22. The first-order valence-electron chi connectivity index (χ1n) is 10.2. The minimum absolute atomic E-state index is 0.125. The molecular weight excluding hydrogens is 364 g/mol. The average molecular weight is 393 g/mol. The van der Waals surface area contributed by atoms with Crippen LogP contribution in [0.25, 0.3) is 10.9 Å². The molecule has 1 aliphatic rings. The second-order valence-electron chi connectivity index (χ2n) is 7.51. The van der Waals surface area contributed by atoms with Crippen molar-refractivity contribution in [3.8, 4) is 0 Å². The van der Waals surface area contributed by atoms with Crippen molar-refractivity contribution in [1.82, 2.24) is 19.4 Å². The number of nitrogens with zero attached hydrogens (tertiary/aromatic N) is 4. The van der Waals surface area contributed by atoms with E-state index in [1.807, 2.05) is 35.5 Å². The third kappa shape index (κ3) is 4.66. The predicted molar refractivity (Wildman–Crippen MR) is 114 cm³/mol. The number of aromatic nitrogens is 2. The maximum atomic E-state index is 13.0. The number of ether oxygens (including phenoxy) is 1. The van der Waals surface area contributed by atoms with Gasteiger partial charge in [-0.1, -0.05) is 6.07 Å². The van der Waals surface area contributed by atoms with Gasteiger partial charge in [-0.2, -0.15) is 0 Å². The Balaban J connectivity index is 1.35. The molecule has 0 bridgehead atoms. The first kappa shape index (κ1) is 19.6. The molecule has 0 N–H and O–H groups in total. The van der Waals surface area contributed by atoms with Crippen LogP contribution in [0.5, 0.6) is 0 Å². The molecule has 0 unspecified atom stereocenters. The summed E-state index contributed by atoms with van der Waals surface area (Å²) in [4.78, 5) is 21.5. The van der Waals surface area contributed by atoms with Crippen molar-refractivity contribution >= 4 is 16.8 Å². The summed E-state index contributed by atoms with van der Waals surface area (Å²) in [6, 6.07) is 12.2. The van der Waals surface area contributed by atoms with E-state index in [0.29, 0.717) is 6.61 Å². The van der Waals surface area contributed by atoms with Crippen LogP contribution < -0.4 is 0 Å². The molecule has 3 heterocycles. The lowest BCUT2D eigenvalue weighted by Gasteiger charge is -2.34. The molecule has 4 rings (SSSR count). The number of fused-ring (bicyclic) bond motifs is 1. The molecule has 29 heavy (non-hydrogen) atoms. The molecule has 1 saturated heterocycles. The molecular formula is C23H28N4O2. The summed E-state index contributed by atoms with van der Waals surface area (Å²) >= 11 is 0. The molecule has 1 aliphatic heterocycles. The number of rotatable bonds is 7. The molecule has 0 radical (unpaired) electrons. The molecule has 152 valence electrons. The number of pyridine rings is 1. The molecule has 1 fully saturated rings. The second kappa shape index (κ2) is 9.20. The molecule has 6 nitrogen and oxygen atoms in total. The topological polar surface area (TPSA) is 50.6 Å². The maximum Gasteiger partial charge on any atom is 0.254 e. The van der Waals surface area contributed by atoms with Crippen molar-refractivity contribution in [3.63, 3.8) is 0 Å². The number of benzene rings is 1. The Labute approximate surface area is 171 Å². The average Bonchev–Trinajstić information content (AvgIpc) is 3.19. The molecule has 2 aromatic heterocycles. The largest absolute Gasteiger partial charge is 0.383 e. The Kier molecular flexibility index (Phi) is 6.22. The van der Waals surface area contributed by atoms with Gasteiger partial charge in [-0.3, -0.25) is 14.7 Å². The van der Waals surface area contributed by atoms with Crippen LogP contribution in [0.1, 0.15) is 15.9 Å². The van der Waals surface area contributed by atoms with Crippen molar-refractivity contribution in [2.45, 2.75) is 13.0 Å². The Bertz CT molecular complexity index is 946. The van der Waals surface area contributed by atoms with Gasteiger partial charge < -0.3 is 14.2 Å². The van der Waals surface area contributed by atoms with Gasteiger partial charge in [0, 0.05) is 76.0 Å². The minimum Gasteiger partial charge on any atom is -0.383 e. The van der Waals surface area contributed by atoms with Crippen LogP contribution in [0, 0.1) is 0 Å². The summed E-state index contributed by atoms with van der Waals surface area (Å²) in [6.45, 7) is 5.85. The Hall–Kier alpha value is -2.70. The van der Waals surface area contributed by atoms with Crippen LogP contribution in [0.3, 0.4) is 0 Å². The van der Waals surface area contributed by atoms with E-state index in [1.165, 1.54) is 5.56 Å². The molecule has 0 spiro atoms. The Morgan fingerprint density at radius 1 is 1.03 bits per heavy atom. The molecule has 1 aromatic carbocycles. The first-order valence-corrected chi connectivity index (χ1v) is 10.2. The van der Waals surface area contributed by atoms with Gasteiger partial charge in [0.05, 0.1) is 6.61 Å². The fourth-order valence-electron chi connectivity index (χ4n) is 3.90. The van der Waals surface area contributed by atoms with Crippen molar-refractivity contribution in [3.05, 3.63) is 66.1 Å². The first-order chi connectivity index (χ1) is 14.2. The highest BCUT2D eigenvalue weighted by atomic mass is 16.5. The van der Waals surface area contributed by atoms with Crippen molar-refractivity contribution in [2.75, 3.05) is 46.4 Å². The van der Waals surface area contributed by atoms with Gasteiger partial charge in [0.1, 0.15) is 0 Å². The van der Waals surface area contributed by atoms with Gasteiger partial charge in [0.15, 0.2) is 0 Å². The van der Waals surface area contributed by atoms with E-state index in [-0.39, 0.29) is 5.91 Å². The molecule has 3 aromatic rings. The SMILES string of the molecule is COCCn1ccc2ccc(C(=O)N3CCN(CCc4ccncc4)CC3)cc21. The van der Waals surface area contributed by atoms with E-state index in [2.05, 4.69) is 38.8 Å². The predicted octanol–water partition coefficient (Wildman–Crippen LogP) is 2.68. The lowest BCUT2D eigenvalue weighted by atomic mass is 10.1.